The van der Waals surface area contributed by atoms with Crippen molar-refractivity contribution in [3.63, 3.8) is 0 Å². The Hall–Kier alpha value is -2.38. The number of thiazole rings is 1. The lowest BCUT2D eigenvalue weighted by atomic mass is 9.63. The van der Waals surface area contributed by atoms with Gasteiger partial charge in [0.15, 0.2) is 0 Å². The minimum Gasteiger partial charge on any atom is -0.496 e. The molecule has 202 valence electrons. The summed E-state index contributed by atoms with van der Waals surface area (Å²) < 4.78 is 11.8. The average molecular weight is 598 g/mol. The fourth-order valence-corrected chi connectivity index (χ4v) is 7.45. The van der Waals surface area contributed by atoms with Gasteiger partial charge >= 0.3 is 0 Å². The summed E-state index contributed by atoms with van der Waals surface area (Å²) in [6.07, 6.45) is 4.20. The van der Waals surface area contributed by atoms with Crippen LogP contribution in [0.1, 0.15) is 85.8 Å². The van der Waals surface area contributed by atoms with Crippen LogP contribution >= 0.6 is 27.3 Å². The van der Waals surface area contributed by atoms with Crippen molar-refractivity contribution in [1.29, 1.82) is 0 Å². The van der Waals surface area contributed by atoms with Crippen molar-refractivity contribution in [2.24, 2.45) is 0 Å². The molecule has 2 heterocycles. The van der Waals surface area contributed by atoms with Crippen LogP contribution in [0.5, 0.6) is 11.5 Å². The SMILES string of the molecule is COc1ccc(Br)c(OC)c1C(=O)N1CCC(c2nc(-c3ccc4c(c3)C(C)(C)CCC4(C)C)cs2)CC1. The molecule has 1 saturated heterocycles. The van der Waals surface area contributed by atoms with Crippen molar-refractivity contribution >= 4 is 33.2 Å². The molecule has 2 aliphatic rings. The zero-order valence-electron chi connectivity index (χ0n) is 23.2. The van der Waals surface area contributed by atoms with Crippen LogP contribution < -0.4 is 9.47 Å². The van der Waals surface area contributed by atoms with Crippen molar-refractivity contribution in [3.05, 3.63) is 61.9 Å². The predicted octanol–water partition coefficient (Wildman–Crippen LogP) is 7.96. The standard InChI is InChI=1S/C31H37BrN2O3S/c1-30(2)13-14-31(3,4)22-17-20(7-8-21(22)30)24-18-38-28(33-24)19-11-15-34(16-12-19)29(35)26-25(36-5)10-9-23(32)27(26)37-6/h7-10,17-19H,11-16H2,1-6H3. The fourth-order valence-electron chi connectivity index (χ4n) is 5.95. The maximum absolute atomic E-state index is 13.5. The van der Waals surface area contributed by atoms with Crippen LogP contribution in [0.3, 0.4) is 0 Å². The molecule has 0 radical (unpaired) electrons. The number of amides is 1. The fraction of sp³-hybridized carbons (Fsp3) is 0.484. The summed E-state index contributed by atoms with van der Waals surface area (Å²) >= 11 is 5.25. The normalized spacial score (nSPS) is 18.7. The highest BCUT2D eigenvalue weighted by Gasteiger charge is 2.37. The Bertz CT molecular complexity index is 1360. The first-order valence-corrected chi connectivity index (χ1v) is 15.0. The molecular formula is C31H37BrN2O3S. The van der Waals surface area contributed by atoms with Crippen molar-refractivity contribution in [3.8, 4) is 22.8 Å². The van der Waals surface area contributed by atoms with Gasteiger partial charge in [0.1, 0.15) is 17.1 Å². The zero-order valence-corrected chi connectivity index (χ0v) is 25.6. The quantitative estimate of drug-likeness (QED) is 0.300. The molecule has 1 aromatic heterocycles. The van der Waals surface area contributed by atoms with Gasteiger partial charge in [0.25, 0.3) is 5.91 Å². The molecule has 1 amide bonds. The molecule has 0 bridgehead atoms. The summed E-state index contributed by atoms with van der Waals surface area (Å²) in [5, 5.41) is 3.37. The van der Waals surface area contributed by atoms with Gasteiger partial charge in [-0.05, 0) is 81.8 Å². The Kier molecular flexibility index (Phi) is 7.38. The highest BCUT2D eigenvalue weighted by Crippen LogP contribution is 2.47. The van der Waals surface area contributed by atoms with E-state index in [2.05, 4.69) is 67.2 Å². The maximum atomic E-state index is 13.5. The van der Waals surface area contributed by atoms with Gasteiger partial charge in [-0.3, -0.25) is 4.79 Å². The van der Waals surface area contributed by atoms with Gasteiger partial charge in [-0.15, -0.1) is 11.3 Å². The van der Waals surface area contributed by atoms with E-state index in [0.29, 0.717) is 36.1 Å². The molecule has 0 saturated carbocycles. The van der Waals surface area contributed by atoms with Crippen LogP contribution in [0.2, 0.25) is 0 Å². The minimum atomic E-state index is -0.0575. The van der Waals surface area contributed by atoms with Crippen LogP contribution in [0.4, 0.5) is 0 Å². The van der Waals surface area contributed by atoms with E-state index in [0.717, 1.165) is 23.0 Å². The predicted molar refractivity (Wildman–Crippen MR) is 158 cm³/mol. The Morgan fingerprint density at radius 2 is 1.68 bits per heavy atom. The van der Waals surface area contributed by atoms with E-state index >= 15 is 0 Å². The number of halogens is 1. The molecule has 1 aliphatic carbocycles. The number of aromatic nitrogens is 1. The lowest BCUT2D eigenvalue weighted by molar-refractivity contribution is 0.0706. The molecule has 5 nitrogen and oxygen atoms in total. The Morgan fingerprint density at radius 3 is 2.34 bits per heavy atom. The van der Waals surface area contributed by atoms with Gasteiger partial charge in [0.2, 0.25) is 0 Å². The number of ether oxygens (including phenoxy) is 2. The number of likely N-dealkylation sites (tertiary alicyclic amines) is 1. The van der Waals surface area contributed by atoms with E-state index in [1.54, 1.807) is 31.6 Å². The van der Waals surface area contributed by atoms with Crippen molar-refractivity contribution in [2.75, 3.05) is 27.3 Å². The zero-order chi connectivity index (χ0) is 27.2. The summed E-state index contributed by atoms with van der Waals surface area (Å²) in [6.45, 7) is 10.8. The number of nitrogens with zero attached hydrogens (tertiary/aromatic N) is 2. The van der Waals surface area contributed by atoms with E-state index in [-0.39, 0.29) is 16.7 Å². The van der Waals surface area contributed by atoms with Crippen LogP contribution in [0.25, 0.3) is 11.3 Å². The van der Waals surface area contributed by atoms with Crippen molar-refractivity contribution in [2.45, 2.75) is 70.1 Å². The summed E-state index contributed by atoms with van der Waals surface area (Å²) in [6, 6.07) is 10.6. The monoisotopic (exact) mass is 596 g/mol. The molecule has 3 aromatic rings. The summed E-state index contributed by atoms with van der Waals surface area (Å²) in [7, 11) is 3.16. The maximum Gasteiger partial charge on any atom is 0.261 e. The van der Waals surface area contributed by atoms with Crippen molar-refractivity contribution in [1.82, 2.24) is 9.88 Å². The first-order chi connectivity index (χ1) is 18.1. The summed E-state index contributed by atoms with van der Waals surface area (Å²) in [4.78, 5) is 20.5. The Morgan fingerprint density at radius 1 is 1.00 bits per heavy atom. The topological polar surface area (TPSA) is 51.7 Å². The number of rotatable bonds is 5. The second-order valence-electron chi connectivity index (χ2n) is 11.8. The largest absolute Gasteiger partial charge is 0.496 e. The van der Waals surface area contributed by atoms with E-state index in [9.17, 15) is 4.79 Å². The minimum absolute atomic E-state index is 0.0575. The van der Waals surface area contributed by atoms with Crippen molar-refractivity contribution < 1.29 is 14.3 Å². The second-order valence-corrected chi connectivity index (χ2v) is 13.6. The number of benzene rings is 2. The molecule has 2 aromatic carbocycles. The summed E-state index contributed by atoms with van der Waals surface area (Å²) in [5.41, 5.74) is 6.07. The molecule has 0 unspecified atom stereocenters. The van der Waals surface area contributed by atoms with E-state index in [1.165, 1.54) is 34.5 Å². The second kappa shape index (κ2) is 10.3. The number of methoxy groups -OCH3 is 2. The number of piperidine rings is 1. The molecular weight excluding hydrogens is 560 g/mol. The number of hydrogen-bond acceptors (Lipinski definition) is 5. The van der Waals surface area contributed by atoms with Gasteiger partial charge in [0.05, 0.1) is 29.4 Å². The highest BCUT2D eigenvalue weighted by molar-refractivity contribution is 9.10. The molecule has 38 heavy (non-hydrogen) atoms. The van der Waals surface area contributed by atoms with Crippen LogP contribution in [-0.4, -0.2) is 43.1 Å². The number of hydrogen-bond donors (Lipinski definition) is 0. The van der Waals surface area contributed by atoms with Gasteiger partial charge in [0, 0.05) is 30.0 Å². The molecule has 0 spiro atoms. The molecule has 1 fully saturated rings. The third-order valence-corrected chi connectivity index (χ3v) is 10.1. The lowest BCUT2D eigenvalue weighted by Crippen LogP contribution is -2.38. The third kappa shape index (κ3) is 4.88. The Balaban J connectivity index is 1.32. The first-order valence-electron chi connectivity index (χ1n) is 13.4. The third-order valence-electron chi connectivity index (χ3n) is 8.51. The van der Waals surface area contributed by atoms with E-state index in [1.807, 2.05) is 11.0 Å². The smallest absolute Gasteiger partial charge is 0.261 e. The number of fused-ring (bicyclic) bond motifs is 1. The van der Waals surface area contributed by atoms with Crippen LogP contribution in [0, 0.1) is 0 Å². The van der Waals surface area contributed by atoms with E-state index < -0.39 is 0 Å². The van der Waals surface area contributed by atoms with Gasteiger partial charge in [-0.2, -0.15) is 0 Å². The van der Waals surface area contributed by atoms with Crippen LogP contribution in [-0.2, 0) is 10.8 Å². The number of carbonyl (C=O) groups excluding carboxylic acids is 1. The number of carbonyl (C=O) groups is 1. The van der Waals surface area contributed by atoms with Crippen LogP contribution in [0.15, 0.2) is 40.2 Å². The molecule has 5 rings (SSSR count). The van der Waals surface area contributed by atoms with Gasteiger partial charge in [-0.1, -0.05) is 39.8 Å². The first kappa shape index (κ1) is 27.2. The molecule has 0 atom stereocenters. The lowest BCUT2D eigenvalue weighted by Gasteiger charge is -2.42. The average Bonchev–Trinajstić information content (AvgIpc) is 3.41. The molecule has 1 aliphatic heterocycles. The van der Waals surface area contributed by atoms with Gasteiger partial charge < -0.3 is 14.4 Å². The molecule has 7 heteroatoms. The summed E-state index contributed by atoms with van der Waals surface area (Å²) in [5.74, 6) is 1.34. The Labute approximate surface area is 238 Å². The molecule has 0 N–H and O–H groups in total. The highest BCUT2D eigenvalue weighted by atomic mass is 79.9. The van der Waals surface area contributed by atoms with Gasteiger partial charge in [-0.25, -0.2) is 4.98 Å². The van der Waals surface area contributed by atoms with E-state index in [4.69, 9.17) is 14.5 Å².